The second-order valence-electron chi connectivity index (χ2n) is 5.79. The average molecular weight is 380 g/mol. The van der Waals surface area contributed by atoms with Crippen LogP contribution in [0.5, 0.6) is 5.75 Å². The summed E-state index contributed by atoms with van der Waals surface area (Å²) in [5.41, 5.74) is -0.00586. The molecule has 1 aromatic heterocycles. The minimum atomic E-state index is -1.53. The molecule has 0 aliphatic rings. The van der Waals surface area contributed by atoms with E-state index in [2.05, 4.69) is 20.6 Å². The van der Waals surface area contributed by atoms with Crippen molar-refractivity contribution in [2.24, 2.45) is 0 Å². The smallest absolute Gasteiger partial charge is 0.358 e. The second-order valence-corrected chi connectivity index (χ2v) is 5.79. The number of aromatic hydroxyl groups is 1. The maximum Gasteiger partial charge on any atom is 0.358 e. The van der Waals surface area contributed by atoms with Crippen LogP contribution < -0.4 is 16.2 Å². The molecule has 0 atom stereocenters. The number of anilines is 1. The van der Waals surface area contributed by atoms with Crippen molar-refractivity contribution in [3.63, 3.8) is 0 Å². The molecular weight excluding hydrogens is 364 g/mol. The van der Waals surface area contributed by atoms with Crippen LogP contribution in [-0.2, 0) is 6.54 Å². The molecular formula is C19H16N4O5. The Morgan fingerprint density at radius 3 is 2.54 bits per heavy atom. The van der Waals surface area contributed by atoms with Crippen molar-refractivity contribution in [3.05, 3.63) is 76.2 Å². The number of carboxylic acid groups (broad SMARTS) is 1. The molecule has 9 nitrogen and oxygen atoms in total. The first-order chi connectivity index (χ1) is 13.4. The molecule has 2 amide bonds. The average Bonchev–Trinajstić information content (AvgIpc) is 2.69. The number of carbonyl (C=O) groups excluding carboxylic acids is 1. The highest BCUT2D eigenvalue weighted by atomic mass is 16.4. The van der Waals surface area contributed by atoms with Gasteiger partial charge in [0.15, 0.2) is 5.69 Å². The molecule has 0 saturated carbocycles. The van der Waals surface area contributed by atoms with Crippen molar-refractivity contribution < 1.29 is 19.8 Å². The molecule has 0 unspecified atom stereocenters. The largest absolute Gasteiger partial charge is 0.501 e. The summed E-state index contributed by atoms with van der Waals surface area (Å²) in [7, 11) is 0. The number of aromatic carboxylic acids is 1. The van der Waals surface area contributed by atoms with Crippen molar-refractivity contribution in [2.45, 2.75) is 6.54 Å². The van der Waals surface area contributed by atoms with E-state index < -0.39 is 29.0 Å². The number of benzene rings is 2. The number of aromatic amines is 1. The molecule has 3 aromatic rings. The summed E-state index contributed by atoms with van der Waals surface area (Å²) in [6.07, 6.45) is 0. The number of urea groups is 1. The molecule has 2 aromatic carbocycles. The Morgan fingerprint density at radius 2 is 1.82 bits per heavy atom. The zero-order valence-corrected chi connectivity index (χ0v) is 14.5. The van der Waals surface area contributed by atoms with Crippen molar-refractivity contribution in [1.82, 2.24) is 15.3 Å². The SMILES string of the molecule is O=C(NCc1ccccc1)Nc1cccc(-c2nc(C(=O)O)c(O)c(=O)[nH]2)c1. The molecule has 0 fully saturated rings. The summed E-state index contributed by atoms with van der Waals surface area (Å²) in [4.78, 5) is 41.0. The fraction of sp³-hybridized carbons (Fsp3) is 0.0526. The van der Waals surface area contributed by atoms with Crippen LogP contribution in [0.25, 0.3) is 11.4 Å². The first-order valence-corrected chi connectivity index (χ1v) is 8.20. The summed E-state index contributed by atoms with van der Waals surface area (Å²) in [6, 6.07) is 15.3. The third kappa shape index (κ3) is 4.33. The summed E-state index contributed by atoms with van der Waals surface area (Å²) < 4.78 is 0. The number of carbonyl (C=O) groups is 2. The monoisotopic (exact) mass is 380 g/mol. The van der Waals surface area contributed by atoms with Crippen molar-refractivity contribution in [2.75, 3.05) is 5.32 Å². The number of hydrogen-bond acceptors (Lipinski definition) is 5. The molecule has 0 bridgehead atoms. The Balaban J connectivity index is 1.76. The summed E-state index contributed by atoms with van der Waals surface area (Å²) >= 11 is 0. The van der Waals surface area contributed by atoms with E-state index in [0.29, 0.717) is 17.8 Å². The van der Waals surface area contributed by atoms with Crippen LogP contribution >= 0.6 is 0 Å². The Morgan fingerprint density at radius 1 is 1.07 bits per heavy atom. The number of H-pyrrole nitrogens is 1. The van der Waals surface area contributed by atoms with Crippen LogP contribution in [0.15, 0.2) is 59.4 Å². The normalized spacial score (nSPS) is 10.3. The zero-order chi connectivity index (χ0) is 20.1. The van der Waals surface area contributed by atoms with Crippen molar-refractivity contribution >= 4 is 17.7 Å². The van der Waals surface area contributed by atoms with E-state index >= 15 is 0 Å². The van der Waals surface area contributed by atoms with E-state index in [1.165, 1.54) is 6.07 Å². The van der Waals surface area contributed by atoms with Gasteiger partial charge in [-0.1, -0.05) is 42.5 Å². The molecule has 9 heteroatoms. The van der Waals surface area contributed by atoms with Gasteiger partial charge in [-0.25, -0.2) is 14.6 Å². The number of rotatable bonds is 5. The molecule has 0 radical (unpaired) electrons. The highest BCUT2D eigenvalue weighted by Gasteiger charge is 2.17. The van der Waals surface area contributed by atoms with Gasteiger partial charge in [-0.3, -0.25) is 4.79 Å². The number of aromatic nitrogens is 2. The van der Waals surface area contributed by atoms with Crippen LogP contribution in [-0.4, -0.2) is 32.2 Å². The fourth-order valence-electron chi connectivity index (χ4n) is 2.45. The molecule has 3 rings (SSSR count). The van der Waals surface area contributed by atoms with Gasteiger partial charge in [-0.15, -0.1) is 0 Å². The maximum absolute atomic E-state index is 12.1. The summed E-state index contributed by atoms with van der Waals surface area (Å²) in [5, 5.41) is 23.9. The van der Waals surface area contributed by atoms with Crippen LogP contribution in [0.3, 0.4) is 0 Å². The minimum absolute atomic E-state index is 0.0476. The Labute approximate surface area is 158 Å². The third-order valence-electron chi connectivity index (χ3n) is 3.79. The lowest BCUT2D eigenvalue weighted by Crippen LogP contribution is -2.28. The molecule has 28 heavy (non-hydrogen) atoms. The molecule has 0 saturated heterocycles. The van der Waals surface area contributed by atoms with Crippen LogP contribution in [0.2, 0.25) is 0 Å². The maximum atomic E-state index is 12.1. The summed E-state index contributed by atoms with van der Waals surface area (Å²) in [6.45, 7) is 0.348. The molecule has 0 aliphatic carbocycles. The minimum Gasteiger partial charge on any atom is -0.501 e. The molecule has 142 valence electrons. The lowest BCUT2D eigenvalue weighted by Gasteiger charge is -2.09. The third-order valence-corrected chi connectivity index (χ3v) is 3.79. The summed E-state index contributed by atoms with van der Waals surface area (Å²) in [5.74, 6) is -2.54. The number of nitrogens with zero attached hydrogens (tertiary/aromatic N) is 1. The first kappa shape index (κ1) is 18.6. The predicted molar refractivity (Wildman–Crippen MR) is 101 cm³/mol. The number of hydrogen-bond donors (Lipinski definition) is 5. The van der Waals surface area contributed by atoms with Gasteiger partial charge in [-0.05, 0) is 17.7 Å². The molecule has 0 aliphatic heterocycles. The van der Waals surface area contributed by atoms with Crippen LogP contribution in [0.1, 0.15) is 16.1 Å². The quantitative estimate of drug-likeness (QED) is 0.459. The lowest BCUT2D eigenvalue weighted by molar-refractivity contribution is 0.0686. The van der Waals surface area contributed by atoms with Gasteiger partial charge in [0, 0.05) is 17.8 Å². The van der Waals surface area contributed by atoms with Gasteiger partial charge in [-0.2, -0.15) is 0 Å². The molecule has 5 N–H and O–H groups in total. The zero-order valence-electron chi connectivity index (χ0n) is 14.5. The second kappa shape index (κ2) is 8.04. The van der Waals surface area contributed by atoms with Crippen LogP contribution in [0.4, 0.5) is 10.5 Å². The standard InChI is InChI=1S/C19H16N4O5/c24-15-14(18(26)27)22-16(23-17(15)25)12-7-4-8-13(9-12)21-19(28)20-10-11-5-2-1-3-6-11/h1-9,24H,10H2,(H,26,27)(H2,20,21,28)(H,22,23,25). The lowest BCUT2D eigenvalue weighted by atomic mass is 10.2. The van der Waals surface area contributed by atoms with Crippen molar-refractivity contribution in [3.8, 4) is 17.1 Å². The van der Waals surface area contributed by atoms with E-state index in [0.717, 1.165) is 5.56 Å². The van der Waals surface area contributed by atoms with E-state index in [1.807, 2.05) is 30.3 Å². The van der Waals surface area contributed by atoms with E-state index in [9.17, 15) is 19.5 Å². The van der Waals surface area contributed by atoms with Crippen LogP contribution in [0, 0.1) is 0 Å². The van der Waals surface area contributed by atoms with Gasteiger partial charge in [0.05, 0.1) is 0 Å². The molecule has 1 heterocycles. The fourth-order valence-corrected chi connectivity index (χ4v) is 2.45. The highest BCUT2D eigenvalue weighted by Crippen LogP contribution is 2.20. The number of amides is 2. The number of carboxylic acids is 1. The van der Waals surface area contributed by atoms with E-state index in [4.69, 9.17) is 5.11 Å². The Bertz CT molecular complexity index is 1080. The van der Waals surface area contributed by atoms with Gasteiger partial charge in [0.1, 0.15) is 5.82 Å². The first-order valence-electron chi connectivity index (χ1n) is 8.20. The number of nitrogens with one attached hydrogen (secondary N) is 3. The van der Waals surface area contributed by atoms with Crippen molar-refractivity contribution in [1.29, 1.82) is 0 Å². The van der Waals surface area contributed by atoms with E-state index in [-0.39, 0.29) is 5.82 Å². The van der Waals surface area contributed by atoms with Gasteiger partial charge < -0.3 is 25.8 Å². The van der Waals surface area contributed by atoms with Gasteiger partial charge >= 0.3 is 12.0 Å². The van der Waals surface area contributed by atoms with Gasteiger partial charge in [0.2, 0.25) is 5.75 Å². The molecule has 0 spiro atoms. The highest BCUT2D eigenvalue weighted by molar-refractivity contribution is 5.90. The topological polar surface area (TPSA) is 144 Å². The van der Waals surface area contributed by atoms with Gasteiger partial charge in [0.25, 0.3) is 5.56 Å². The van der Waals surface area contributed by atoms with E-state index in [1.54, 1.807) is 18.2 Å². The predicted octanol–water partition coefficient (Wildman–Crippen LogP) is 2.16. The Hall–Kier alpha value is -4.14. The Kier molecular flexibility index (Phi) is 5.35.